The zero-order valence-electron chi connectivity index (χ0n) is 4.71. The van der Waals surface area contributed by atoms with Crippen LogP contribution in [0.1, 0.15) is 0 Å². The Morgan fingerprint density at radius 3 is 2.50 bits per heavy atom. The zero-order valence-corrected chi connectivity index (χ0v) is 4.71. The van der Waals surface area contributed by atoms with Crippen molar-refractivity contribution in [2.24, 2.45) is 0 Å². The van der Waals surface area contributed by atoms with Crippen LogP contribution in [0.3, 0.4) is 0 Å². The monoisotopic (exact) mass is 109 g/mol. The Morgan fingerprint density at radius 2 is 2.00 bits per heavy atom. The van der Waals surface area contributed by atoms with Gasteiger partial charge in [0.05, 0.1) is 0 Å². The highest BCUT2D eigenvalue weighted by Gasteiger charge is 1.61. The Bertz CT molecular complexity index is 101. The van der Waals surface area contributed by atoms with E-state index in [4.69, 9.17) is 0 Å². The van der Waals surface area contributed by atoms with Crippen LogP contribution >= 0.6 is 0 Å². The van der Waals surface area contributed by atoms with Crippen LogP contribution in [0.2, 0.25) is 0 Å². The van der Waals surface area contributed by atoms with Crippen LogP contribution in [0.4, 0.5) is 0 Å². The number of allylic oxidation sites excluding steroid dienone is 4. The van der Waals surface area contributed by atoms with Gasteiger partial charge < -0.3 is 0 Å². The highest BCUT2D eigenvalue weighted by Crippen LogP contribution is 1.75. The number of hydrogen-bond donors (Lipinski definition) is 0. The molecule has 1 radical (unpaired) electrons. The average Bonchev–Trinajstić information content (AvgIpc) is 1.81. The van der Waals surface area contributed by atoms with Gasteiger partial charge in [0.2, 0.25) is 0 Å². The van der Waals surface area contributed by atoms with E-state index in [-0.39, 0.29) is 6.61 Å². The molecule has 0 rings (SSSR count). The second kappa shape index (κ2) is 6.18. The minimum atomic E-state index is -0.151. The maximum Gasteiger partial charge on any atom is 0.101 e. The molecule has 0 aliphatic heterocycles. The van der Waals surface area contributed by atoms with E-state index >= 15 is 0 Å². The van der Waals surface area contributed by atoms with Crippen molar-refractivity contribution in [2.45, 2.75) is 0 Å². The molecule has 0 aliphatic rings. The summed E-state index contributed by atoms with van der Waals surface area (Å²) in [5.74, 6) is 0. The molecule has 0 fully saturated rings. The molecule has 43 valence electrons. The van der Waals surface area contributed by atoms with Gasteiger partial charge in [-0.2, -0.15) is 0 Å². The molecule has 1 heteroatoms. The summed E-state index contributed by atoms with van der Waals surface area (Å²) in [6.45, 7) is 3.31. The lowest BCUT2D eigenvalue weighted by Gasteiger charge is -1.69. The van der Waals surface area contributed by atoms with Gasteiger partial charge in [-0.15, -0.1) is 0 Å². The molecule has 0 bridgehead atoms. The first kappa shape index (κ1) is 7.18. The van der Waals surface area contributed by atoms with Crippen LogP contribution in [0, 0.1) is 0 Å². The Hall–Kier alpha value is -0.820. The average molecular weight is 109 g/mol. The quantitative estimate of drug-likeness (QED) is 0.492. The maximum absolute atomic E-state index is 9.75. The van der Waals surface area contributed by atoms with E-state index in [0.717, 1.165) is 0 Å². The first-order chi connectivity index (χ1) is 3.91. The lowest BCUT2D eigenvalue weighted by atomic mass is 10.4. The van der Waals surface area contributed by atoms with Crippen LogP contribution in [-0.4, -0.2) is 6.61 Å². The minimum Gasteiger partial charge on any atom is -0.232 e. The fraction of sp³-hybridized carbons (Fsp3) is 0.143. The van der Waals surface area contributed by atoms with Crippen LogP contribution in [0.15, 0.2) is 37.0 Å². The van der Waals surface area contributed by atoms with Gasteiger partial charge in [0.1, 0.15) is 6.61 Å². The lowest BCUT2D eigenvalue weighted by molar-refractivity contribution is 0.232. The maximum atomic E-state index is 9.75. The third kappa shape index (κ3) is 5.18. The summed E-state index contributed by atoms with van der Waals surface area (Å²) in [5.41, 5.74) is 0. The smallest absolute Gasteiger partial charge is 0.101 e. The second-order valence-corrected chi connectivity index (χ2v) is 1.22. The van der Waals surface area contributed by atoms with Crippen molar-refractivity contribution >= 4 is 0 Å². The van der Waals surface area contributed by atoms with Gasteiger partial charge in [0.25, 0.3) is 0 Å². The summed E-state index contributed by atoms with van der Waals surface area (Å²) < 4.78 is 0. The highest BCUT2D eigenvalue weighted by atomic mass is 16.2. The van der Waals surface area contributed by atoms with Crippen LogP contribution in [0.25, 0.3) is 0 Å². The molecule has 0 aliphatic carbocycles. The van der Waals surface area contributed by atoms with E-state index in [1.165, 1.54) is 0 Å². The Balaban J connectivity index is 3.26. The Morgan fingerprint density at radius 1 is 1.25 bits per heavy atom. The van der Waals surface area contributed by atoms with Gasteiger partial charge in [0, 0.05) is 0 Å². The van der Waals surface area contributed by atoms with Gasteiger partial charge in [-0.1, -0.05) is 37.0 Å². The molecule has 0 saturated heterocycles. The summed E-state index contributed by atoms with van der Waals surface area (Å²) in [6.07, 6.45) is 8.45. The molecule has 0 aromatic heterocycles. The standard InChI is InChI=1S/C7H9O/c1-2-3-4-5-6-7-8/h2-6H,1,7H2. The second-order valence-electron chi connectivity index (χ2n) is 1.22. The molecule has 0 aromatic rings. The molecule has 0 heterocycles. The van der Waals surface area contributed by atoms with E-state index in [2.05, 4.69) is 6.58 Å². The van der Waals surface area contributed by atoms with Crippen molar-refractivity contribution in [3.05, 3.63) is 37.0 Å². The molecular formula is C7H9O. The molecule has 1 nitrogen and oxygen atoms in total. The predicted octanol–water partition coefficient (Wildman–Crippen LogP) is 1.72. The van der Waals surface area contributed by atoms with Gasteiger partial charge in [0.15, 0.2) is 0 Å². The molecule has 0 amide bonds. The lowest BCUT2D eigenvalue weighted by Crippen LogP contribution is -1.63. The molecule has 0 saturated carbocycles. The predicted molar refractivity (Wildman–Crippen MR) is 34.0 cm³/mol. The van der Waals surface area contributed by atoms with E-state index in [0.29, 0.717) is 0 Å². The number of rotatable bonds is 3. The number of hydrogen-bond acceptors (Lipinski definition) is 0. The summed E-state index contributed by atoms with van der Waals surface area (Å²) in [7, 11) is 0. The highest BCUT2D eigenvalue weighted by molar-refractivity contribution is 5.08. The van der Waals surface area contributed by atoms with Crippen molar-refractivity contribution in [3.8, 4) is 0 Å². The molecule has 0 unspecified atom stereocenters. The molecule has 0 N–H and O–H groups in total. The van der Waals surface area contributed by atoms with Crippen molar-refractivity contribution in [1.29, 1.82) is 0 Å². The van der Waals surface area contributed by atoms with E-state index in [9.17, 15) is 5.11 Å². The van der Waals surface area contributed by atoms with Crippen LogP contribution < -0.4 is 0 Å². The first-order valence-electron chi connectivity index (χ1n) is 2.44. The van der Waals surface area contributed by atoms with E-state index in [1.807, 2.05) is 0 Å². The third-order valence-corrected chi connectivity index (χ3v) is 0.591. The normalized spacial score (nSPS) is 11.1. The fourth-order valence-corrected chi connectivity index (χ4v) is 0.277. The third-order valence-electron chi connectivity index (χ3n) is 0.591. The van der Waals surface area contributed by atoms with Crippen molar-refractivity contribution in [2.75, 3.05) is 6.61 Å². The first-order valence-corrected chi connectivity index (χ1v) is 2.44. The molecule has 0 atom stereocenters. The molecule has 0 aromatic carbocycles. The largest absolute Gasteiger partial charge is 0.232 e. The summed E-state index contributed by atoms with van der Waals surface area (Å²) >= 11 is 0. The van der Waals surface area contributed by atoms with E-state index < -0.39 is 0 Å². The summed E-state index contributed by atoms with van der Waals surface area (Å²) in [6, 6.07) is 0. The fourth-order valence-electron chi connectivity index (χ4n) is 0.277. The topological polar surface area (TPSA) is 19.9 Å². The SMILES string of the molecule is C=CC=CC=CC[O]. The van der Waals surface area contributed by atoms with Gasteiger partial charge in [-0.3, -0.25) is 0 Å². The van der Waals surface area contributed by atoms with Gasteiger partial charge in [-0.25, -0.2) is 5.11 Å². The minimum absolute atomic E-state index is 0.151. The van der Waals surface area contributed by atoms with Crippen molar-refractivity contribution < 1.29 is 5.11 Å². The van der Waals surface area contributed by atoms with E-state index in [1.54, 1.807) is 30.4 Å². The van der Waals surface area contributed by atoms with Crippen LogP contribution in [-0.2, 0) is 5.11 Å². The molecular weight excluding hydrogens is 100 g/mol. The molecule has 8 heavy (non-hydrogen) atoms. The molecule has 0 spiro atoms. The van der Waals surface area contributed by atoms with Gasteiger partial charge in [-0.05, 0) is 0 Å². The Labute approximate surface area is 49.7 Å². The van der Waals surface area contributed by atoms with Crippen LogP contribution in [0.5, 0.6) is 0 Å². The summed E-state index contributed by atoms with van der Waals surface area (Å²) in [4.78, 5) is 0. The zero-order chi connectivity index (χ0) is 6.24. The van der Waals surface area contributed by atoms with Gasteiger partial charge >= 0.3 is 0 Å². The Kier molecular flexibility index (Phi) is 5.55. The summed E-state index contributed by atoms with van der Waals surface area (Å²) in [5, 5.41) is 9.75. The van der Waals surface area contributed by atoms with Crippen molar-refractivity contribution in [3.63, 3.8) is 0 Å². The van der Waals surface area contributed by atoms with Crippen molar-refractivity contribution in [1.82, 2.24) is 0 Å².